The normalized spacial score (nSPS) is 9.06. The van der Waals surface area contributed by atoms with E-state index < -0.39 is 11.9 Å². The standard InChI is InChI=1S/C10H9N3O4/c1-6(14)16-8-3-4-10(17-7(2)15)9(5-8)12-13-11/h3-5H,1-2H3. The monoisotopic (exact) mass is 235 g/mol. The van der Waals surface area contributed by atoms with Gasteiger partial charge in [-0.3, -0.25) is 9.59 Å². The van der Waals surface area contributed by atoms with Gasteiger partial charge in [0, 0.05) is 18.8 Å². The van der Waals surface area contributed by atoms with Crippen LogP contribution in [-0.2, 0) is 9.59 Å². The van der Waals surface area contributed by atoms with Crippen LogP contribution in [0.25, 0.3) is 10.4 Å². The first-order chi connectivity index (χ1) is 8.02. The number of carbonyl (C=O) groups excluding carboxylic acids is 2. The van der Waals surface area contributed by atoms with Crippen LogP contribution in [-0.4, -0.2) is 11.9 Å². The summed E-state index contributed by atoms with van der Waals surface area (Å²) in [4.78, 5) is 24.1. The summed E-state index contributed by atoms with van der Waals surface area (Å²) in [5.41, 5.74) is 8.43. The molecule has 0 aliphatic rings. The van der Waals surface area contributed by atoms with Crippen LogP contribution in [0.3, 0.4) is 0 Å². The van der Waals surface area contributed by atoms with E-state index in [1.54, 1.807) is 0 Å². The Morgan fingerprint density at radius 2 is 1.88 bits per heavy atom. The molecule has 7 heteroatoms. The minimum Gasteiger partial charge on any atom is -0.427 e. The largest absolute Gasteiger partial charge is 0.427 e. The summed E-state index contributed by atoms with van der Waals surface area (Å²) in [6.07, 6.45) is 0. The average molecular weight is 235 g/mol. The van der Waals surface area contributed by atoms with Gasteiger partial charge < -0.3 is 9.47 Å². The molecule has 0 amide bonds. The van der Waals surface area contributed by atoms with E-state index in [1.807, 2.05) is 0 Å². The van der Waals surface area contributed by atoms with Crippen molar-refractivity contribution in [1.82, 2.24) is 0 Å². The molecule has 0 atom stereocenters. The molecule has 0 aliphatic heterocycles. The third kappa shape index (κ3) is 3.84. The summed E-state index contributed by atoms with van der Waals surface area (Å²) in [5, 5.41) is 3.34. The first-order valence-corrected chi connectivity index (χ1v) is 4.59. The number of ether oxygens (including phenoxy) is 2. The van der Waals surface area contributed by atoms with Crippen molar-refractivity contribution in [3.8, 4) is 11.5 Å². The van der Waals surface area contributed by atoms with Crippen LogP contribution in [0.15, 0.2) is 23.3 Å². The lowest BCUT2D eigenvalue weighted by molar-refractivity contribution is -0.133. The fourth-order valence-corrected chi connectivity index (χ4v) is 1.09. The van der Waals surface area contributed by atoms with Crippen molar-refractivity contribution in [2.45, 2.75) is 13.8 Å². The Balaban J connectivity index is 3.11. The van der Waals surface area contributed by atoms with E-state index in [0.29, 0.717) is 0 Å². The summed E-state index contributed by atoms with van der Waals surface area (Å²) in [7, 11) is 0. The molecule has 0 radical (unpaired) electrons. The summed E-state index contributed by atoms with van der Waals surface area (Å²) in [6, 6.07) is 4.11. The second-order valence-electron chi connectivity index (χ2n) is 3.01. The maximum atomic E-state index is 10.8. The summed E-state index contributed by atoms with van der Waals surface area (Å²) in [5.74, 6) is -0.737. The zero-order valence-corrected chi connectivity index (χ0v) is 9.21. The highest BCUT2D eigenvalue weighted by Gasteiger charge is 2.08. The predicted octanol–water partition coefficient (Wildman–Crippen LogP) is 2.48. The fraction of sp³-hybridized carbons (Fsp3) is 0.200. The first kappa shape index (κ1) is 12.5. The van der Waals surface area contributed by atoms with Crippen LogP contribution in [0.4, 0.5) is 5.69 Å². The van der Waals surface area contributed by atoms with Crippen molar-refractivity contribution in [3.05, 3.63) is 28.6 Å². The lowest BCUT2D eigenvalue weighted by Gasteiger charge is -2.07. The van der Waals surface area contributed by atoms with Gasteiger partial charge in [-0.2, -0.15) is 0 Å². The Bertz CT molecular complexity index is 506. The average Bonchev–Trinajstić information content (AvgIpc) is 2.21. The summed E-state index contributed by atoms with van der Waals surface area (Å²) in [6.45, 7) is 2.47. The van der Waals surface area contributed by atoms with Crippen LogP contribution in [0.5, 0.6) is 11.5 Å². The van der Waals surface area contributed by atoms with Gasteiger partial charge in [-0.25, -0.2) is 0 Å². The Hall–Kier alpha value is -2.53. The Kier molecular flexibility index (Phi) is 4.08. The molecule has 0 spiro atoms. The van der Waals surface area contributed by atoms with Crippen LogP contribution in [0.1, 0.15) is 13.8 Å². The summed E-state index contributed by atoms with van der Waals surface area (Å²) < 4.78 is 9.61. The smallest absolute Gasteiger partial charge is 0.308 e. The Morgan fingerprint density at radius 1 is 1.24 bits per heavy atom. The highest BCUT2D eigenvalue weighted by Crippen LogP contribution is 2.32. The maximum absolute atomic E-state index is 10.8. The topological polar surface area (TPSA) is 101 Å². The minimum atomic E-state index is -0.542. The van der Waals surface area contributed by atoms with Crippen molar-refractivity contribution < 1.29 is 19.1 Å². The first-order valence-electron chi connectivity index (χ1n) is 4.59. The molecule has 17 heavy (non-hydrogen) atoms. The predicted molar refractivity (Wildman–Crippen MR) is 57.9 cm³/mol. The lowest BCUT2D eigenvalue weighted by Crippen LogP contribution is -2.03. The molecule has 7 nitrogen and oxygen atoms in total. The van der Waals surface area contributed by atoms with Crippen LogP contribution in [0.2, 0.25) is 0 Å². The molecular formula is C10H9N3O4. The second kappa shape index (κ2) is 5.53. The van der Waals surface area contributed by atoms with E-state index in [4.69, 9.17) is 15.0 Å². The highest BCUT2D eigenvalue weighted by molar-refractivity contribution is 5.73. The van der Waals surface area contributed by atoms with Gasteiger partial charge in [0.25, 0.3) is 0 Å². The molecule has 0 saturated carbocycles. The van der Waals surface area contributed by atoms with E-state index in [9.17, 15) is 9.59 Å². The van der Waals surface area contributed by atoms with E-state index in [0.717, 1.165) is 0 Å². The van der Waals surface area contributed by atoms with Gasteiger partial charge in [-0.15, -0.1) is 0 Å². The van der Waals surface area contributed by atoms with Crippen molar-refractivity contribution in [3.63, 3.8) is 0 Å². The molecular weight excluding hydrogens is 226 g/mol. The fourth-order valence-electron chi connectivity index (χ4n) is 1.09. The Morgan fingerprint density at radius 3 is 2.41 bits per heavy atom. The van der Waals surface area contributed by atoms with E-state index >= 15 is 0 Å². The van der Waals surface area contributed by atoms with Gasteiger partial charge in [0.05, 0.1) is 5.69 Å². The number of hydrogen-bond acceptors (Lipinski definition) is 5. The number of esters is 2. The molecule has 0 heterocycles. The van der Waals surface area contributed by atoms with Crippen molar-refractivity contribution >= 4 is 17.6 Å². The van der Waals surface area contributed by atoms with Gasteiger partial charge in [-0.1, -0.05) is 5.11 Å². The number of benzene rings is 1. The van der Waals surface area contributed by atoms with Crippen LogP contribution < -0.4 is 9.47 Å². The SMILES string of the molecule is CC(=O)Oc1ccc(OC(C)=O)c(N=[N+]=[N-])c1. The number of azide groups is 1. The summed E-state index contributed by atoms with van der Waals surface area (Å²) >= 11 is 0. The van der Waals surface area contributed by atoms with E-state index in [2.05, 4.69) is 10.0 Å². The molecule has 0 aromatic heterocycles. The number of carbonyl (C=O) groups is 2. The van der Waals surface area contributed by atoms with Gasteiger partial charge in [0.1, 0.15) is 11.5 Å². The third-order valence-corrected chi connectivity index (χ3v) is 1.60. The van der Waals surface area contributed by atoms with Crippen molar-refractivity contribution in [2.24, 2.45) is 5.11 Å². The number of hydrogen-bond donors (Lipinski definition) is 0. The molecule has 0 saturated heterocycles. The van der Waals surface area contributed by atoms with E-state index in [-0.39, 0.29) is 17.2 Å². The van der Waals surface area contributed by atoms with Crippen molar-refractivity contribution in [2.75, 3.05) is 0 Å². The van der Waals surface area contributed by atoms with Gasteiger partial charge >= 0.3 is 11.9 Å². The van der Waals surface area contributed by atoms with Crippen molar-refractivity contribution in [1.29, 1.82) is 0 Å². The molecule has 88 valence electrons. The highest BCUT2D eigenvalue weighted by atomic mass is 16.5. The van der Waals surface area contributed by atoms with E-state index in [1.165, 1.54) is 32.0 Å². The van der Waals surface area contributed by atoms with Crippen LogP contribution >= 0.6 is 0 Å². The molecule has 1 aromatic carbocycles. The number of rotatable bonds is 3. The quantitative estimate of drug-likeness (QED) is 0.264. The van der Waals surface area contributed by atoms with Gasteiger partial charge in [0.15, 0.2) is 0 Å². The molecule has 0 bridgehead atoms. The molecule has 0 unspecified atom stereocenters. The third-order valence-electron chi connectivity index (χ3n) is 1.60. The van der Waals surface area contributed by atoms with Gasteiger partial charge in [0.2, 0.25) is 0 Å². The van der Waals surface area contributed by atoms with Crippen LogP contribution in [0, 0.1) is 0 Å². The molecule has 0 N–H and O–H groups in total. The lowest BCUT2D eigenvalue weighted by atomic mass is 10.3. The minimum absolute atomic E-state index is 0.0708. The molecule has 0 aliphatic carbocycles. The Labute approximate surface area is 96.6 Å². The number of nitrogens with zero attached hydrogens (tertiary/aromatic N) is 3. The zero-order valence-electron chi connectivity index (χ0n) is 9.21. The molecule has 1 rings (SSSR count). The molecule has 1 aromatic rings. The maximum Gasteiger partial charge on any atom is 0.308 e. The van der Waals surface area contributed by atoms with Gasteiger partial charge in [-0.05, 0) is 23.7 Å². The second-order valence-corrected chi connectivity index (χ2v) is 3.01. The molecule has 0 fully saturated rings. The zero-order chi connectivity index (χ0) is 12.8.